The molecule has 1 aromatic carbocycles. The topological polar surface area (TPSA) is 84.7 Å². The maximum Gasteiger partial charge on any atom is 0.341 e. The summed E-state index contributed by atoms with van der Waals surface area (Å²) >= 11 is 0. The molecule has 8 nitrogen and oxygen atoms in total. The minimum atomic E-state index is -0.394. The lowest BCUT2D eigenvalue weighted by atomic mass is 10.0. The van der Waals surface area contributed by atoms with Gasteiger partial charge in [0.15, 0.2) is 0 Å². The van der Waals surface area contributed by atoms with Crippen molar-refractivity contribution in [3.63, 3.8) is 0 Å². The second-order valence-electron chi connectivity index (χ2n) is 9.18. The third-order valence-electron chi connectivity index (χ3n) is 7.02. The van der Waals surface area contributed by atoms with E-state index in [9.17, 15) is 14.4 Å². The first-order valence-electron chi connectivity index (χ1n) is 12.4. The highest BCUT2D eigenvalue weighted by Crippen LogP contribution is 2.28. The molecule has 182 valence electrons. The fraction of sp³-hybridized carbons (Fsp3) is 0.538. The van der Waals surface area contributed by atoms with Gasteiger partial charge in [-0.05, 0) is 50.5 Å². The quantitative estimate of drug-likeness (QED) is 0.582. The molecule has 1 aliphatic carbocycles. The molecule has 1 saturated carbocycles. The minimum absolute atomic E-state index is 0.0333. The van der Waals surface area contributed by atoms with Crippen LogP contribution in [0.1, 0.15) is 71.9 Å². The SMILES string of the molecule is CCOC(=O)c1cnn(-c2ccc(C(=O)N3CCN(C(=O)CCC4CCCC4)CC3)cc2)c1C. The Morgan fingerprint density at radius 2 is 1.65 bits per heavy atom. The van der Waals surface area contributed by atoms with Gasteiger partial charge in [0, 0.05) is 38.2 Å². The first-order valence-corrected chi connectivity index (χ1v) is 12.4. The number of aromatic nitrogens is 2. The van der Waals surface area contributed by atoms with Crippen LogP contribution in [0, 0.1) is 12.8 Å². The third-order valence-corrected chi connectivity index (χ3v) is 7.02. The van der Waals surface area contributed by atoms with Gasteiger partial charge in [-0.15, -0.1) is 0 Å². The van der Waals surface area contributed by atoms with Crippen LogP contribution in [0.4, 0.5) is 0 Å². The number of ether oxygens (including phenoxy) is 1. The van der Waals surface area contributed by atoms with E-state index < -0.39 is 5.97 Å². The molecule has 0 unspecified atom stereocenters. The largest absolute Gasteiger partial charge is 0.462 e. The number of carbonyl (C=O) groups excluding carboxylic acids is 3. The summed E-state index contributed by atoms with van der Waals surface area (Å²) in [5.41, 5.74) is 2.48. The summed E-state index contributed by atoms with van der Waals surface area (Å²) in [5, 5.41) is 4.30. The molecule has 1 saturated heterocycles. The maximum absolute atomic E-state index is 13.0. The van der Waals surface area contributed by atoms with Gasteiger partial charge in [0.05, 0.1) is 24.2 Å². The second kappa shape index (κ2) is 10.8. The molecule has 2 heterocycles. The Morgan fingerprint density at radius 3 is 2.29 bits per heavy atom. The van der Waals surface area contributed by atoms with Gasteiger partial charge in [0.25, 0.3) is 5.91 Å². The number of amides is 2. The maximum atomic E-state index is 13.0. The van der Waals surface area contributed by atoms with Crippen molar-refractivity contribution < 1.29 is 19.1 Å². The Hall–Kier alpha value is -3.16. The van der Waals surface area contributed by atoms with Gasteiger partial charge in [-0.3, -0.25) is 9.59 Å². The average molecular weight is 467 g/mol. The smallest absolute Gasteiger partial charge is 0.341 e. The van der Waals surface area contributed by atoms with Crippen molar-refractivity contribution in [2.24, 2.45) is 5.92 Å². The average Bonchev–Trinajstić information content (AvgIpc) is 3.52. The Bertz CT molecular complexity index is 1020. The number of rotatable bonds is 7. The number of hydrogen-bond donors (Lipinski definition) is 0. The molecule has 2 amide bonds. The van der Waals surface area contributed by atoms with E-state index in [4.69, 9.17) is 4.74 Å². The number of esters is 1. The van der Waals surface area contributed by atoms with E-state index >= 15 is 0 Å². The summed E-state index contributed by atoms with van der Waals surface area (Å²) in [4.78, 5) is 41.3. The molecular weight excluding hydrogens is 432 g/mol. The summed E-state index contributed by atoms with van der Waals surface area (Å²) in [5.74, 6) is 0.514. The van der Waals surface area contributed by atoms with Crippen LogP contribution in [-0.2, 0) is 9.53 Å². The summed E-state index contributed by atoms with van der Waals surface area (Å²) in [6.45, 7) is 6.18. The van der Waals surface area contributed by atoms with E-state index in [0.717, 1.165) is 18.0 Å². The lowest BCUT2D eigenvalue weighted by Crippen LogP contribution is -2.50. The molecule has 2 aliphatic rings. The summed E-state index contributed by atoms with van der Waals surface area (Å²) in [7, 11) is 0. The molecule has 1 aromatic heterocycles. The molecule has 8 heteroatoms. The number of benzene rings is 1. The van der Waals surface area contributed by atoms with E-state index in [1.54, 1.807) is 23.7 Å². The molecule has 0 atom stereocenters. The molecule has 1 aliphatic heterocycles. The molecule has 4 rings (SSSR count). The van der Waals surface area contributed by atoms with Gasteiger partial charge in [0.2, 0.25) is 5.91 Å². The van der Waals surface area contributed by atoms with Crippen molar-refractivity contribution in [1.82, 2.24) is 19.6 Å². The standard InChI is InChI=1S/C26H34N4O4/c1-3-34-26(33)23-18-27-30(19(23)2)22-11-9-21(10-12-22)25(32)29-16-14-28(15-17-29)24(31)13-8-20-6-4-5-7-20/h9-12,18,20H,3-8,13-17H2,1-2H3. The Morgan fingerprint density at radius 1 is 1.00 bits per heavy atom. The second-order valence-corrected chi connectivity index (χ2v) is 9.18. The van der Waals surface area contributed by atoms with Crippen molar-refractivity contribution in [2.45, 2.75) is 52.4 Å². The Kier molecular flexibility index (Phi) is 7.65. The van der Waals surface area contributed by atoms with E-state index in [1.807, 2.05) is 28.9 Å². The molecule has 0 spiro atoms. The first kappa shape index (κ1) is 24.0. The van der Waals surface area contributed by atoms with Crippen LogP contribution in [0.5, 0.6) is 0 Å². The van der Waals surface area contributed by atoms with E-state index in [-0.39, 0.29) is 11.8 Å². The van der Waals surface area contributed by atoms with Crippen LogP contribution in [0.2, 0.25) is 0 Å². The van der Waals surface area contributed by atoms with Gasteiger partial charge in [-0.2, -0.15) is 5.10 Å². The fourth-order valence-corrected chi connectivity index (χ4v) is 4.95. The number of hydrogen-bond acceptors (Lipinski definition) is 5. The van der Waals surface area contributed by atoms with Crippen LogP contribution in [0.25, 0.3) is 5.69 Å². The monoisotopic (exact) mass is 466 g/mol. The zero-order valence-corrected chi connectivity index (χ0v) is 20.2. The fourth-order valence-electron chi connectivity index (χ4n) is 4.95. The van der Waals surface area contributed by atoms with E-state index in [0.29, 0.717) is 56.0 Å². The van der Waals surface area contributed by atoms with Crippen molar-refractivity contribution in [2.75, 3.05) is 32.8 Å². The normalized spacial score (nSPS) is 16.6. The first-order chi connectivity index (χ1) is 16.5. The van der Waals surface area contributed by atoms with Crippen LogP contribution in [0.15, 0.2) is 30.5 Å². The molecule has 2 aromatic rings. The molecule has 0 N–H and O–H groups in total. The predicted molar refractivity (Wildman–Crippen MR) is 128 cm³/mol. The number of piperazine rings is 1. The van der Waals surface area contributed by atoms with Gasteiger partial charge in [-0.1, -0.05) is 25.7 Å². The van der Waals surface area contributed by atoms with Crippen LogP contribution in [0.3, 0.4) is 0 Å². The highest BCUT2D eigenvalue weighted by atomic mass is 16.5. The number of nitrogens with zero attached hydrogens (tertiary/aromatic N) is 4. The van der Waals surface area contributed by atoms with Crippen LogP contribution >= 0.6 is 0 Å². The predicted octanol–water partition coefficient (Wildman–Crippen LogP) is 3.61. The van der Waals surface area contributed by atoms with Crippen molar-refractivity contribution in [1.29, 1.82) is 0 Å². The van der Waals surface area contributed by atoms with Gasteiger partial charge in [0.1, 0.15) is 5.56 Å². The molecule has 2 fully saturated rings. The van der Waals surface area contributed by atoms with E-state index in [1.165, 1.54) is 31.9 Å². The third kappa shape index (κ3) is 5.32. The lowest BCUT2D eigenvalue weighted by molar-refractivity contribution is -0.133. The van der Waals surface area contributed by atoms with Crippen molar-refractivity contribution >= 4 is 17.8 Å². The number of carbonyl (C=O) groups is 3. The van der Waals surface area contributed by atoms with Gasteiger partial charge in [-0.25, -0.2) is 9.48 Å². The van der Waals surface area contributed by atoms with Crippen LogP contribution in [-0.4, -0.2) is 70.1 Å². The summed E-state index contributed by atoms with van der Waals surface area (Å²) in [6.07, 6.45) is 8.27. The van der Waals surface area contributed by atoms with Crippen molar-refractivity contribution in [3.8, 4) is 5.69 Å². The van der Waals surface area contributed by atoms with Crippen molar-refractivity contribution in [3.05, 3.63) is 47.3 Å². The lowest BCUT2D eigenvalue weighted by Gasteiger charge is -2.35. The highest BCUT2D eigenvalue weighted by Gasteiger charge is 2.26. The zero-order valence-electron chi connectivity index (χ0n) is 20.2. The van der Waals surface area contributed by atoms with Gasteiger partial charge < -0.3 is 14.5 Å². The van der Waals surface area contributed by atoms with Gasteiger partial charge >= 0.3 is 5.97 Å². The summed E-state index contributed by atoms with van der Waals surface area (Å²) in [6, 6.07) is 7.21. The Labute approximate surface area is 200 Å². The zero-order chi connectivity index (χ0) is 24.1. The highest BCUT2D eigenvalue weighted by molar-refractivity contribution is 5.94. The Balaban J connectivity index is 1.31. The molecular formula is C26H34N4O4. The van der Waals surface area contributed by atoms with E-state index in [2.05, 4.69) is 5.10 Å². The van der Waals surface area contributed by atoms with Crippen LogP contribution < -0.4 is 0 Å². The minimum Gasteiger partial charge on any atom is -0.462 e. The molecule has 0 radical (unpaired) electrons. The molecule has 34 heavy (non-hydrogen) atoms. The molecule has 0 bridgehead atoms. The summed E-state index contributed by atoms with van der Waals surface area (Å²) < 4.78 is 6.73.